The van der Waals surface area contributed by atoms with Crippen molar-refractivity contribution in [3.8, 4) is 0 Å². The molecule has 0 unspecified atom stereocenters. The third-order valence-electron chi connectivity index (χ3n) is 2.97. The molecular formula is C13H14N2O8. The van der Waals surface area contributed by atoms with Crippen LogP contribution in [-0.2, 0) is 14.4 Å². The van der Waals surface area contributed by atoms with E-state index in [1.165, 1.54) is 0 Å². The van der Waals surface area contributed by atoms with Crippen LogP contribution in [0.4, 0.5) is 10.5 Å². The molecule has 1 aliphatic rings. The first-order chi connectivity index (χ1) is 10.9. The standard InChI is InChI=1S/C13H14N2O8/c16-7-8(17)10(12(19)20)22-11(9(7)18)15-23-13(21)14-6-4-2-1-3-5-6/h1-5,7-10,16-18H,(H,14,21)(H,19,20)/b15-11-/t7-,8-,9+,10-/m0/s1. The van der Waals surface area contributed by atoms with Gasteiger partial charge in [-0.1, -0.05) is 18.2 Å². The summed E-state index contributed by atoms with van der Waals surface area (Å²) in [6.07, 6.45) is -8.44. The second kappa shape index (κ2) is 7.05. The van der Waals surface area contributed by atoms with Crippen LogP contribution in [0.15, 0.2) is 35.5 Å². The highest BCUT2D eigenvalue weighted by Gasteiger charge is 2.46. The molecule has 1 amide bonds. The molecule has 0 radical (unpaired) electrons. The lowest BCUT2D eigenvalue weighted by molar-refractivity contribution is -0.168. The van der Waals surface area contributed by atoms with Gasteiger partial charge in [0.1, 0.15) is 12.2 Å². The lowest BCUT2D eigenvalue weighted by Gasteiger charge is -2.33. The Morgan fingerprint density at radius 3 is 2.39 bits per heavy atom. The second-order valence-corrected chi connectivity index (χ2v) is 4.60. The maximum atomic E-state index is 11.5. The van der Waals surface area contributed by atoms with E-state index in [1.807, 2.05) is 0 Å². The van der Waals surface area contributed by atoms with Crippen LogP contribution in [0.3, 0.4) is 0 Å². The van der Waals surface area contributed by atoms with Crippen molar-refractivity contribution >= 4 is 23.6 Å². The molecule has 23 heavy (non-hydrogen) atoms. The average molecular weight is 326 g/mol. The van der Waals surface area contributed by atoms with Crippen molar-refractivity contribution in [2.45, 2.75) is 24.4 Å². The van der Waals surface area contributed by atoms with Gasteiger partial charge in [-0.15, -0.1) is 0 Å². The molecule has 0 saturated carbocycles. The van der Waals surface area contributed by atoms with Crippen molar-refractivity contribution in [2.24, 2.45) is 5.16 Å². The molecule has 1 heterocycles. The Morgan fingerprint density at radius 2 is 1.78 bits per heavy atom. The number of nitrogens with one attached hydrogen (secondary N) is 1. The Balaban J connectivity index is 2.03. The normalized spacial score (nSPS) is 28.7. The molecule has 0 bridgehead atoms. The number of oxime groups is 1. The Hall–Kier alpha value is -2.69. The van der Waals surface area contributed by atoms with Gasteiger partial charge < -0.3 is 25.2 Å². The van der Waals surface area contributed by atoms with Gasteiger partial charge in [-0.3, -0.25) is 10.2 Å². The predicted molar refractivity (Wildman–Crippen MR) is 74.5 cm³/mol. The zero-order chi connectivity index (χ0) is 17.0. The molecule has 1 saturated heterocycles. The number of aliphatic hydroxyl groups excluding tert-OH is 3. The predicted octanol–water partition coefficient (Wildman–Crippen LogP) is -0.885. The first-order valence-corrected chi connectivity index (χ1v) is 6.44. The number of aliphatic carboxylic acids is 1. The quantitative estimate of drug-likeness (QED) is 0.353. The lowest BCUT2D eigenvalue weighted by atomic mass is 9.99. The summed E-state index contributed by atoms with van der Waals surface area (Å²) in [6, 6.07) is 8.25. The molecule has 4 atom stereocenters. The van der Waals surface area contributed by atoms with E-state index in [9.17, 15) is 24.9 Å². The van der Waals surface area contributed by atoms with Gasteiger partial charge in [0.25, 0.3) is 5.90 Å². The van der Waals surface area contributed by atoms with Gasteiger partial charge in [0.2, 0.25) is 6.10 Å². The summed E-state index contributed by atoms with van der Waals surface area (Å²) in [4.78, 5) is 26.8. The fraction of sp³-hybridized carbons (Fsp3) is 0.308. The Morgan fingerprint density at radius 1 is 1.13 bits per heavy atom. The Labute approximate surface area is 129 Å². The van der Waals surface area contributed by atoms with Crippen LogP contribution in [0.5, 0.6) is 0 Å². The van der Waals surface area contributed by atoms with E-state index < -0.39 is 42.4 Å². The van der Waals surface area contributed by atoms with Gasteiger partial charge >= 0.3 is 12.1 Å². The minimum atomic E-state index is -1.86. The number of nitrogens with zero attached hydrogens (tertiary/aromatic N) is 1. The second-order valence-electron chi connectivity index (χ2n) is 4.60. The molecule has 1 aromatic rings. The summed E-state index contributed by atoms with van der Waals surface area (Å²) in [6.45, 7) is 0. The van der Waals surface area contributed by atoms with Crippen LogP contribution in [-0.4, -0.2) is 62.8 Å². The van der Waals surface area contributed by atoms with Crippen molar-refractivity contribution in [3.05, 3.63) is 30.3 Å². The van der Waals surface area contributed by atoms with Crippen molar-refractivity contribution < 1.29 is 39.6 Å². The van der Waals surface area contributed by atoms with Crippen molar-refractivity contribution in [3.63, 3.8) is 0 Å². The number of aliphatic hydroxyl groups is 3. The summed E-state index contributed by atoms with van der Waals surface area (Å²) in [5.41, 5.74) is 0.418. The molecule has 10 nitrogen and oxygen atoms in total. The fourth-order valence-corrected chi connectivity index (χ4v) is 1.80. The summed E-state index contributed by atoms with van der Waals surface area (Å²) in [5, 5.41) is 43.0. The Bertz CT molecular complexity index is 605. The Kier molecular flexibility index (Phi) is 5.11. The zero-order valence-corrected chi connectivity index (χ0v) is 11.6. The highest BCUT2D eigenvalue weighted by molar-refractivity contribution is 5.88. The lowest BCUT2D eigenvalue weighted by Crippen LogP contribution is -2.58. The first-order valence-electron chi connectivity index (χ1n) is 6.44. The van der Waals surface area contributed by atoms with E-state index in [2.05, 4.69) is 15.3 Å². The third kappa shape index (κ3) is 3.94. The molecule has 0 aliphatic carbocycles. The van der Waals surface area contributed by atoms with E-state index in [0.29, 0.717) is 5.69 Å². The number of carbonyl (C=O) groups excluding carboxylic acids is 1. The highest BCUT2D eigenvalue weighted by atomic mass is 16.7. The van der Waals surface area contributed by atoms with Crippen molar-refractivity contribution in [1.29, 1.82) is 0 Å². The SMILES string of the molecule is O=C(Nc1ccccc1)O/N=C1\O[C@H](C(=O)O)[C@@H](O)[C@H](O)[C@H]1O. The van der Waals surface area contributed by atoms with Gasteiger partial charge in [-0.25, -0.2) is 9.59 Å². The van der Waals surface area contributed by atoms with Crippen LogP contribution < -0.4 is 5.32 Å². The van der Waals surface area contributed by atoms with Gasteiger partial charge in [0.15, 0.2) is 6.10 Å². The number of carbonyl (C=O) groups is 2. The van der Waals surface area contributed by atoms with Gasteiger partial charge in [0, 0.05) is 5.69 Å². The number of para-hydroxylation sites is 1. The summed E-state index contributed by atoms with van der Waals surface area (Å²) >= 11 is 0. The number of hydrogen-bond acceptors (Lipinski definition) is 8. The molecule has 10 heteroatoms. The number of carboxylic acids is 1. The summed E-state index contributed by atoms with van der Waals surface area (Å²) < 4.78 is 4.73. The number of anilines is 1. The molecule has 124 valence electrons. The highest BCUT2D eigenvalue weighted by Crippen LogP contribution is 2.18. The van der Waals surface area contributed by atoms with E-state index in [4.69, 9.17) is 9.84 Å². The van der Waals surface area contributed by atoms with Crippen molar-refractivity contribution in [2.75, 3.05) is 5.32 Å². The largest absolute Gasteiger partial charge is 0.478 e. The maximum Gasteiger partial charge on any atom is 0.437 e. The van der Waals surface area contributed by atoms with Gasteiger partial charge in [-0.2, -0.15) is 0 Å². The monoisotopic (exact) mass is 326 g/mol. The molecule has 2 rings (SSSR count). The van der Waals surface area contributed by atoms with Crippen molar-refractivity contribution in [1.82, 2.24) is 0 Å². The number of rotatable bonds is 3. The smallest absolute Gasteiger partial charge is 0.437 e. The molecule has 5 N–H and O–H groups in total. The summed E-state index contributed by atoms with van der Waals surface area (Å²) in [5.74, 6) is -2.32. The van der Waals surface area contributed by atoms with Crippen LogP contribution >= 0.6 is 0 Å². The number of carboxylic acid groups (broad SMARTS) is 1. The molecule has 1 fully saturated rings. The maximum absolute atomic E-state index is 11.5. The van der Waals surface area contributed by atoms with E-state index in [0.717, 1.165) is 0 Å². The average Bonchev–Trinajstić information content (AvgIpc) is 2.52. The fourth-order valence-electron chi connectivity index (χ4n) is 1.80. The van der Waals surface area contributed by atoms with Gasteiger partial charge in [-0.05, 0) is 17.3 Å². The molecule has 1 aromatic carbocycles. The molecular weight excluding hydrogens is 312 g/mol. The topological polar surface area (TPSA) is 158 Å². The number of amides is 1. The van der Waals surface area contributed by atoms with Crippen LogP contribution in [0.1, 0.15) is 0 Å². The number of ether oxygens (including phenoxy) is 1. The minimum absolute atomic E-state index is 0.418. The summed E-state index contributed by atoms with van der Waals surface area (Å²) in [7, 11) is 0. The van der Waals surface area contributed by atoms with Gasteiger partial charge in [0.05, 0.1) is 0 Å². The number of hydrogen-bond donors (Lipinski definition) is 5. The third-order valence-corrected chi connectivity index (χ3v) is 2.97. The minimum Gasteiger partial charge on any atom is -0.478 e. The van der Waals surface area contributed by atoms with E-state index in [-0.39, 0.29) is 0 Å². The van der Waals surface area contributed by atoms with E-state index in [1.54, 1.807) is 30.3 Å². The number of benzene rings is 1. The van der Waals surface area contributed by atoms with E-state index >= 15 is 0 Å². The molecule has 0 aromatic heterocycles. The van der Waals surface area contributed by atoms with Crippen LogP contribution in [0.25, 0.3) is 0 Å². The zero-order valence-electron chi connectivity index (χ0n) is 11.6. The molecule has 1 aliphatic heterocycles. The molecule has 0 spiro atoms. The van der Waals surface area contributed by atoms with Crippen LogP contribution in [0.2, 0.25) is 0 Å². The van der Waals surface area contributed by atoms with Crippen LogP contribution in [0, 0.1) is 0 Å². The first kappa shape index (κ1) is 16.7.